The zero-order valence-electron chi connectivity index (χ0n) is 14.5. The molecule has 1 aliphatic rings. The van der Waals surface area contributed by atoms with Gasteiger partial charge in [0.15, 0.2) is 5.82 Å². The predicted octanol–water partition coefficient (Wildman–Crippen LogP) is 2.05. The van der Waals surface area contributed by atoms with Crippen molar-refractivity contribution in [3.63, 3.8) is 0 Å². The lowest BCUT2D eigenvalue weighted by atomic mass is 9.97. The molecule has 27 heavy (non-hydrogen) atoms. The van der Waals surface area contributed by atoms with Gasteiger partial charge in [0.1, 0.15) is 30.6 Å². The van der Waals surface area contributed by atoms with Crippen LogP contribution in [0.15, 0.2) is 49.3 Å². The molecule has 1 atom stereocenters. The fraction of sp³-hybridized carbons (Fsp3) is 0.278. The van der Waals surface area contributed by atoms with Gasteiger partial charge in [-0.1, -0.05) is 0 Å². The molecule has 3 heterocycles. The van der Waals surface area contributed by atoms with Crippen LogP contribution in [0.25, 0.3) is 5.82 Å². The van der Waals surface area contributed by atoms with Crippen molar-refractivity contribution >= 4 is 17.4 Å². The summed E-state index contributed by atoms with van der Waals surface area (Å²) >= 11 is 0. The number of piperidine rings is 1. The van der Waals surface area contributed by atoms with E-state index in [1.165, 1.54) is 24.8 Å². The molecular formula is C18H18FN7O. The molecule has 1 aliphatic heterocycles. The fourth-order valence-corrected chi connectivity index (χ4v) is 3.14. The van der Waals surface area contributed by atoms with Gasteiger partial charge >= 0.3 is 0 Å². The first-order valence-electron chi connectivity index (χ1n) is 8.67. The lowest BCUT2D eigenvalue weighted by Gasteiger charge is -2.32. The molecule has 9 heteroatoms. The van der Waals surface area contributed by atoms with Crippen LogP contribution in [-0.4, -0.2) is 43.7 Å². The van der Waals surface area contributed by atoms with Gasteiger partial charge in [-0.2, -0.15) is 5.10 Å². The van der Waals surface area contributed by atoms with Crippen molar-refractivity contribution in [3.8, 4) is 5.82 Å². The number of hydrogen-bond donors (Lipinski definition) is 1. The van der Waals surface area contributed by atoms with E-state index in [0.717, 1.165) is 25.2 Å². The molecule has 1 saturated heterocycles. The fourth-order valence-electron chi connectivity index (χ4n) is 3.14. The van der Waals surface area contributed by atoms with E-state index in [1.807, 2.05) is 6.07 Å². The maximum absolute atomic E-state index is 13.0. The molecule has 1 aromatic carbocycles. The Kier molecular flexibility index (Phi) is 4.73. The third kappa shape index (κ3) is 3.91. The molecule has 138 valence electrons. The molecule has 0 aliphatic carbocycles. The SMILES string of the molecule is O=C(Nc1ccc(F)cc1)C1CCCN(c2cc(-n3cncn3)ncn2)C1. The molecule has 1 amide bonds. The minimum atomic E-state index is -0.330. The summed E-state index contributed by atoms with van der Waals surface area (Å²) in [6.07, 6.45) is 6.17. The first-order chi connectivity index (χ1) is 13.2. The third-order valence-corrected chi connectivity index (χ3v) is 4.52. The number of amides is 1. The molecule has 2 aromatic heterocycles. The molecular weight excluding hydrogens is 349 g/mol. The quantitative estimate of drug-likeness (QED) is 0.759. The monoisotopic (exact) mass is 367 g/mol. The molecule has 3 aromatic rings. The Morgan fingerprint density at radius 3 is 2.74 bits per heavy atom. The van der Waals surface area contributed by atoms with Crippen molar-refractivity contribution in [3.05, 3.63) is 55.1 Å². The Morgan fingerprint density at radius 1 is 1.15 bits per heavy atom. The number of nitrogens with zero attached hydrogens (tertiary/aromatic N) is 6. The highest BCUT2D eigenvalue weighted by atomic mass is 19.1. The number of benzene rings is 1. The smallest absolute Gasteiger partial charge is 0.229 e. The van der Waals surface area contributed by atoms with Crippen molar-refractivity contribution in [2.75, 3.05) is 23.3 Å². The average molecular weight is 367 g/mol. The largest absolute Gasteiger partial charge is 0.356 e. The van der Waals surface area contributed by atoms with Crippen LogP contribution >= 0.6 is 0 Å². The standard InChI is InChI=1S/C18H18FN7O/c19-14-3-5-15(6-4-14)24-18(27)13-2-1-7-25(9-13)16-8-17(22-11-21-16)26-12-20-10-23-26/h3-6,8,10-13H,1-2,7,9H2,(H,24,27). The summed E-state index contributed by atoms with van der Waals surface area (Å²) in [5.74, 6) is 0.791. The van der Waals surface area contributed by atoms with E-state index in [-0.39, 0.29) is 17.6 Å². The van der Waals surface area contributed by atoms with Crippen molar-refractivity contribution in [2.45, 2.75) is 12.8 Å². The maximum Gasteiger partial charge on any atom is 0.229 e. The number of hydrogen-bond acceptors (Lipinski definition) is 6. The van der Waals surface area contributed by atoms with Gasteiger partial charge in [0.2, 0.25) is 5.91 Å². The van der Waals surface area contributed by atoms with Crippen LogP contribution in [0.2, 0.25) is 0 Å². The minimum absolute atomic E-state index is 0.0723. The van der Waals surface area contributed by atoms with Gasteiger partial charge in [0.05, 0.1) is 5.92 Å². The summed E-state index contributed by atoms with van der Waals surface area (Å²) in [5.41, 5.74) is 0.592. The summed E-state index contributed by atoms with van der Waals surface area (Å²) in [7, 11) is 0. The topological polar surface area (TPSA) is 88.8 Å². The van der Waals surface area contributed by atoms with Crippen LogP contribution in [0.3, 0.4) is 0 Å². The summed E-state index contributed by atoms with van der Waals surface area (Å²) in [4.78, 5) is 27.1. The number of aromatic nitrogens is 5. The van der Waals surface area contributed by atoms with E-state index in [0.29, 0.717) is 18.1 Å². The van der Waals surface area contributed by atoms with Gasteiger partial charge in [-0.15, -0.1) is 0 Å². The Balaban J connectivity index is 1.45. The molecule has 1 N–H and O–H groups in total. The predicted molar refractivity (Wildman–Crippen MR) is 96.9 cm³/mol. The second kappa shape index (κ2) is 7.48. The van der Waals surface area contributed by atoms with E-state index in [9.17, 15) is 9.18 Å². The highest BCUT2D eigenvalue weighted by Gasteiger charge is 2.27. The molecule has 8 nitrogen and oxygen atoms in total. The molecule has 4 rings (SSSR count). The summed E-state index contributed by atoms with van der Waals surface area (Å²) in [5, 5.41) is 6.93. The van der Waals surface area contributed by atoms with Crippen molar-refractivity contribution < 1.29 is 9.18 Å². The first kappa shape index (κ1) is 17.1. The second-order valence-electron chi connectivity index (χ2n) is 6.36. The van der Waals surface area contributed by atoms with E-state index >= 15 is 0 Å². The Hall–Kier alpha value is -3.36. The Labute approximate surface area is 155 Å². The summed E-state index contributed by atoms with van der Waals surface area (Å²) in [6, 6.07) is 7.60. The first-order valence-corrected chi connectivity index (χ1v) is 8.67. The normalized spacial score (nSPS) is 16.9. The Morgan fingerprint density at radius 2 is 1.96 bits per heavy atom. The highest BCUT2D eigenvalue weighted by molar-refractivity contribution is 5.93. The Bertz CT molecular complexity index is 914. The van der Waals surface area contributed by atoms with Crippen LogP contribution in [0, 0.1) is 11.7 Å². The van der Waals surface area contributed by atoms with Gasteiger partial charge in [0.25, 0.3) is 0 Å². The van der Waals surface area contributed by atoms with Crippen LogP contribution in [0.1, 0.15) is 12.8 Å². The van der Waals surface area contributed by atoms with E-state index < -0.39 is 0 Å². The van der Waals surface area contributed by atoms with Crippen molar-refractivity contribution in [1.29, 1.82) is 0 Å². The van der Waals surface area contributed by atoms with Gasteiger partial charge in [0, 0.05) is 24.8 Å². The molecule has 0 spiro atoms. The third-order valence-electron chi connectivity index (χ3n) is 4.52. The molecule has 0 saturated carbocycles. The van der Waals surface area contributed by atoms with Crippen molar-refractivity contribution in [1.82, 2.24) is 24.7 Å². The van der Waals surface area contributed by atoms with E-state index in [4.69, 9.17) is 0 Å². The van der Waals surface area contributed by atoms with Gasteiger partial charge in [-0.05, 0) is 37.1 Å². The highest BCUT2D eigenvalue weighted by Crippen LogP contribution is 2.23. The number of halogens is 1. The van der Waals surface area contributed by atoms with Crippen LogP contribution in [0.4, 0.5) is 15.9 Å². The number of rotatable bonds is 4. The molecule has 0 radical (unpaired) electrons. The van der Waals surface area contributed by atoms with Crippen LogP contribution in [-0.2, 0) is 4.79 Å². The average Bonchev–Trinajstić information content (AvgIpc) is 3.25. The van der Waals surface area contributed by atoms with Gasteiger partial charge in [-0.3, -0.25) is 4.79 Å². The van der Waals surface area contributed by atoms with Crippen LogP contribution in [0.5, 0.6) is 0 Å². The molecule has 1 unspecified atom stereocenters. The van der Waals surface area contributed by atoms with Crippen molar-refractivity contribution in [2.24, 2.45) is 5.92 Å². The van der Waals surface area contributed by atoms with E-state index in [2.05, 4.69) is 30.3 Å². The minimum Gasteiger partial charge on any atom is -0.356 e. The van der Waals surface area contributed by atoms with Gasteiger partial charge in [-0.25, -0.2) is 24.0 Å². The van der Waals surface area contributed by atoms with Gasteiger partial charge < -0.3 is 10.2 Å². The number of anilines is 2. The maximum atomic E-state index is 13.0. The lowest BCUT2D eigenvalue weighted by molar-refractivity contribution is -0.120. The zero-order chi connectivity index (χ0) is 18.6. The number of carbonyl (C=O) groups is 1. The molecule has 0 bridgehead atoms. The van der Waals surface area contributed by atoms with E-state index in [1.54, 1.807) is 23.1 Å². The molecule has 1 fully saturated rings. The zero-order valence-corrected chi connectivity index (χ0v) is 14.5. The lowest BCUT2D eigenvalue weighted by Crippen LogP contribution is -2.41. The summed E-state index contributed by atoms with van der Waals surface area (Å²) in [6.45, 7) is 1.37. The summed E-state index contributed by atoms with van der Waals surface area (Å²) < 4.78 is 14.6. The van der Waals surface area contributed by atoms with Crippen LogP contribution < -0.4 is 10.2 Å². The number of carbonyl (C=O) groups excluding carboxylic acids is 1. The second-order valence-corrected chi connectivity index (χ2v) is 6.36. The number of nitrogens with one attached hydrogen (secondary N) is 1.